The summed E-state index contributed by atoms with van der Waals surface area (Å²) in [7, 11) is 0. The van der Waals surface area contributed by atoms with Crippen molar-refractivity contribution in [2.45, 2.75) is 33.4 Å². The molecule has 3 aromatic rings. The number of carbonyl (C=O) groups is 1. The molecule has 0 unspecified atom stereocenters. The van der Waals surface area contributed by atoms with Crippen molar-refractivity contribution in [3.63, 3.8) is 0 Å². The molecule has 0 aliphatic carbocycles. The molecule has 1 N–H and O–H groups in total. The summed E-state index contributed by atoms with van der Waals surface area (Å²) < 4.78 is 2.24. The van der Waals surface area contributed by atoms with E-state index in [2.05, 4.69) is 67.1 Å². The molecule has 156 valence electrons. The topological polar surface area (TPSA) is 46.4 Å². The number of nitrogens with one attached hydrogen (secondary N) is 1. The molecule has 1 amide bonds. The average molecular weight is 440 g/mol. The van der Waals surface area contributed by atoms with Gasteiger partial charge in [-0.1, -0.05) is 41.9 Å². The lowest BCUT2D eigenvalue weighted by Gasteiger charge is -2.15. The van der Waals surface area contributed by atoms with E-state index in [1.807, 2.05) is 24.3 Å². The third-order valence-corrected chi connectivity index (χ3v) is 6.16. The van der Waals surface area contributed by atoms with Gasteiger partial charge in [-0.15, -0.1) is 11.8 Å². The summed E-state index contributed by atoms with van der Waals surface area (Å²) in [6.45, 7) is 8.40. The van der Waals surface area contributed by atoms with E-state index in [4.69, 9.17) is 11.6 Å². The minimum Gasteiger partial charge on any atom is -0.317 e. The maximum absolute atomic E-state index is 12.1. The van der Waals surface area contributed by atoms with Crippen LogP contribution in [0.25, 0.3) is 5.69 Å². The first kappa shape index (κ1) is 22.2. The van der Waals surface area contributed by atoms with Crippen LogP contribution in [0.4, 0.5) is 0 Å². The van der Waals surface area contributed by atoms with Gasteiger partial charge in [-0.2, -0.15) is 5.10 Å². The SMILES string of the molecule is Cc1cccc(C)c1-n1c(C)cc(/C=N/NC(=O)CSCc2cccc(Cl)c2)c1C. The molecule has 30 heavy (non-hydrogen) atoms. The fourth-order valence-corrected chi connectivity index (χ4v) is 4.50. The van der Waals surface area contributed by atoms with Gasteiger partial charge in [0.1, 0.15) is 0 Å². The molecule has 0 saturated heterocycles. The molecule has 0 fully saturated rings. The number of benzene rings is 2. The summed E-state index contributed by atoms with van der Waals surface area (Å²) in [6, 6.07) is 16.1. The highest BCUT2D eigenvalue weighted by atomic mass is 35.5. The molecule has 0 aliphatic heterocycles. The second-order valence-electron chi connectivity index (χ2n) is 7.32. The zero-order chi connectivity index (χ0) is 21.7. The predicted molar refractivity (Wildman–Crippen MR) is 128 cm³/mol. The summed E-state index contributed by atoms with van der Waals surface area (Å²) in [5.74, 6) is 0.946. The number of rotatable bonds is 7. The first-order valence-corrected chi connectivity index (χ1v) is 11.3. The quantitative estimate of drug-likeness (QED) is 0.376. The summed E-state index contributed by atoms with van der Waals surface area (Å²) in [5.41, 5.74) is 10.6. The van der Waals surface area contributed by atoms with Gasteiger partial charge in [0.15, 0.2) is 0 Å². The minimum atomic E-state index is -0.123. The van der Waals surface area contributed by atoms with Gasteiger partial charge in [0.05, 0.1) is 17.7 Å². The van der Waals surface area contributed by atoms with Crippen molar-refractivity contribution >= 4 is 35.5 Å². The van der Waals surface area contributed by atoms with Gasteiger partial charge in [0.2, 0.25) is 5.91 Å². The van der Waals surface area contributed by atoms with Gasteiger partial charge in [0, 0.05) is 27.7 Å². The molecular weight excluding hydrogens is 414 g/mol. The van der Waals surface area contributed by atoms with Gasteiger partial charge >= 0.3 is 0 Å². The lowest BCUT2D eigenvalue weighted by molar-refractivity contribution is -0.118. The van der Waals surface area contributed by atoms with Crippen LogP contribution >= 0.6 is 23.4 Å². The number of carbonyl (C=O) groups excluding carboxylic acids is 1. The second kappa shape index (κ2) is 10.0. The molecule has 0 saturated carbocycles. The van der Waals surface area contributed by atoms with Crippen LogP contribution in [0.1, 0.15) is 33.6 Å². The number of halogens is 1. The predicted octanol–water partition coefficient (Wildman–Crippen LogP) is 5.75. The number of hydrazone groups is 1. The molecule has 1 heterocycles. The molecule has 0 spiro atoms. The van der Waals surface area contributed by atoms with E-state index >= 15 is 0 Å². The third-order valence-electron chi connectivity index (χ3n) is 4.92. The van der Waals surface area contributed by atoms with E-state index in [1.165, 1.54) is 28.6 Å². The van der Waals surface area contributed by atoms with Gasteiger partial charge in [-0.3, -0.25) is 4.79 Å². The molecule has 0 radical (unpaired) electrons. The smallest absolute Gasteiger partial charge is 0.250 e. The summed E-state index contributed by atoms with van der Waals surface area (Å²) in [4.78, 5) is 12.1. The number of aromatic nitrogens is 1. The lowest BCUT2D eigenvalue weighted by atomic mass is 10.1. The molecule has 1 aromatic heterocycles. The zero-order valence-electron chi connectivity index (χ0n) is 17.7. The third kappa shape index (κ3) is 5.35. The van der Waals surface area contributed by atoms with Crippen molar-refractivity contribution in [2.75, 3.05) is 5.75 Å². The Hall–Kier alpha value is -2.50. The number of thioether (sulfide) groups is 1. The van der Waals surface area contributed by atoms with Gasteiger partial charge in [-0.25, -0.2) is 5.43 Å². The zero-order valence-corrected chi connectivity index (χ0v) is 19.3. The molecule has 0 bridgehead atoms. The van der Waals surface area contributed by atoms with E-state index in [0.29, 0.717) is 10.8 Å². The van der Waals surface area contributed by atoms with Crippen molar-refractivity contribution in [3.8, 4) is 5.69 Å². The summed E-state index contributed by atoms with van der Waals surface area (Å²) in [6.07, 6.45) is 1.71. The number of aryl methyl sites for hydroxylation is 3. The molecule has 3 rings (SSSR count). The van der Waals surface area contributed by atoms with Crippen molar-refractivity contribution < 1.29 is 4.79 Å². The van der Waals surface area contributed by atoms with E-state index < -0.39 is 0 Å². The number of amides is 1. The van der Waals surface area contributed by atoms with E-state index in [9.17, 15) is 4.79 Å². The lowest BCUT2D eigenvalue weighted by Crippen LogP contribution is -2.19. The summed E-state index contributed by atoms with van der Waals surface area (Å²) >= 11 is 7.52. The molecular formula is C24H26ClN3OS. The fourth-order valence-electron chi connectivity index (χ4n) is 3.52. The Kier molecular flexibility index (Phi) is 7.40. The highest BCUT2D eigenvalue weighted by Gasteiger charge is 2.13. The van der Waals surface area contributed by atoms with E-state index in [0.717, 1.165) is 28.3 Å². The van der Waals surface area contributed by atoms with Crippen LogP contribution in [0, 0.1) is 27.7 Å². The average Bonchev–Trinajstić information content (AvgIpc) is 2.96. The Morgan fingerprint density at radius 3 is 2.50 bits per heavy atom. The summed E-state index contributed by atoms with van der Waals surface area (Å²) in [5, 5.41) is 4.87. The van der Waals surface area contributed by atoms with Crippen LogP contribution in [0.5, 0.6) is 0 Å². The first-order chi connectivity index (χ1) is 14.4. The largest absolute Gasteiger partial charge is 0.317 e. The van der Waals surface area contributed by atoms with Crippen LogP contribution in [-0.4, -0.2) is 22.4 Å². The van der Waals surface area contributed by atoms with Crippen LogP contribution < -0.4 is 5.43 Å². The van der Waals surface area contributed by atoms with Gasteiger partial charge in [-0.05, 0) is 62.6 Å². The molecule has 0 atom stereocenters. The molecule has 4 nitrogen and oxygen atoms in total. The second-order valence-corrected chi connectivity index (χ2v) is 8.74. The Balaban J connectivity index is 1.61. The van der Waals surface area contributed by atoms with Crippen LogP contribution in [0.15, 0.2) is 53.6 Å². The van der Waals surface area contributed by atoms with Gasteiger partial charge in [0.25, 0.3) is 0 Å². The molecule has 2 aromatic carbocycles. The van der Waals surface area contributed by atoms with Crippen molar-refractivity contribution in [2.24, 2.45) is 5.10 Å². The molecule has 0 aliphatic rings. The Bertz CT molecular complexity index is 1070. The van der Waals surface area contributed by atoms with Crippen LogP contribution in [-0.2, 0) is 10.5 Å². The standard InChI is InChI=1S/C24H26ClN3OS/c1-16-7-5-8-17(2)24(16)28-18(3)11-21(19(28)4)13-26-27-23(29)15-30-14-20-9-6-10-22(25)12-20/h5-13H,14-15H2,1-4H3,(H,27,29)/b26-13+. The first-order valence-electron chi connectivity index (χ1n) is 9.76. The van der Waals surface area contributed by atoms with E-state index in [-0.39, 0.29) is 5.91 Å². The monoisotopic (exact) mass is 439 g/mol. The van der Waals surface area contributed by atoms with E-state index in [1.54, 1.807) is 6.21 Å². The highest BCUT2D eigenvalue weighted by molar-refractivity contribution is 7.99. The Morgan fingerprint density at radius 1 is 1.10 bits per heavy atom. The Labute approximate surface area is 187 Å². The highest BCUT2D eigenvalue weighted by Crippen LogP contribution is 2.25. The van der Waals surface area contributed by atoms with Crippen molar-refractivity contribution in [1.29, 1.82) is 0 Å². The minimum absolute atomic E-state index is 0.123. The molecule has 6 heteroatoms. The van der Waals surface area contributed by atoms with Crippen molar-refractivity contribution in [1.82, 2.24) is 9.99 Å². The Morgan fingerprint density at radius 2 is 1.80 bits per heavy atom. The number of nitrogens with zero attached hydrogens (tertiary/aromatic N) is 2. The van der Waals surface area contributed by atoms with Crippen molar-refractivity contribution in [3.05, 3.63) is 87.2 Å². The fraction of sp³-hybridized carbons (Fsp3) is 0.250. The number of hydrogen-bond acceptors (Lipinski definition) is 3. The number of hydrogen-bond donors (Lipinski definition) is 1. The normalized spacial score (nSPS) is 11.2. The maximum atomic E-state index is 12.1. The maximum Gasteiger partial charge on any atom is 0.250 e. The van der Waals surface area contributed by atoms with Crippen LogP contribution in [0.2, 0.25) is 5.02 Å². The van der Waals surface area contributed by atoms with Gasteiger partial charge < -0.3 is 4.57 Å². The number of para-hydroxylation sites is 1. The van der Waals surface area contributed by atoms with Crippen LogP contribution in [0.3, 0.4) is 0 Å².